The number of benzene rings is 1. The van der Waals surface area contributed by atoms with E-state index in [0.717, 1.165) is 0 Å². The highest BCUT2D eigenvalue weighted by molar-refractivity contribution is 5.89. The van der Waals surface area contributed by atoms with E-state index in [2.05, 4.69) is 4.74 Å². The van der Waals surface area contributed by atoms with Gasteiger partial charge in [-0.3, -0.25) is 4.79 Å². The molecule has 6 heteroatoms. The Labute approximate surface area is 103 Å². The average Bonchev–Trinajstić information content (AvgIpc) is 2.17. The maximum Gasteiger partial charge on any atom is 0.573 e. The molecule has 0 radical (unpaired) electrons. The highest BCUT2D eigenvalue weighted by atomic mass is 19.4. The van der Waals surface area contributed by atoms with Crippen molar-refractivity contribution < 1.29 is 22.7 Å². The number of hydrogen-bond donors (Lipinski definition) is 1. The molecule has 100 valence electrons. The first-order valence-corrected chi connectivity index (χ1v) is 5.25. The zero-order valence-corrected chi connectivity index (χ0v) is 10.0. The van der Waals surface area contributed by atoms with Gasteiger partial charge in [-0.1, -0.05) is 12.1 Å². The van der Waals surface area contributed by atoms with E-state index in [4.69, 9.17) is 5.73 Å². The largest absolute Gasteiger partial charge is 0.573 e. The number of hydrogen-bond acceptors (Lipinski definition) is 3. The van der Waals surface area contributed by atoms with Crippen LogP contribution in [0.1, 0.15) is 19.4 Å². The molecule has 0 bridgehead atoms. The van der Waals surface area contributed by atoms with Crippen LogP contribution in [-0.2, 0) is 11.2 Å². The Morgan fingerprint density at radius 3 is 2.11 bits per heavy atom. The highest BCUT2D eigenvalue weighted by Crippen LogP contribution is 2.23. The second kappa shape index (κ2) is 4.97. The lowest BCUT2D eigenvalue weighted by molar-refractivity contribution is -0.274. The number of Topliss-reactive ketones (excluding diaryl/α,β-unsaturated/α-hetero) is 1. The summed E-state index contributed by atoms with van der Waals surface area (Å²) in [5.74, 6) is -0.502. The predicted molar refractivity (Wildman–Crippen MR) is 60.1 cm³/mol. The van der Waals surface area contributed by atoms with E-state index in [1.165, 1.54) is 24.3 Å². The first-order valence-electron chi connectivity index (χ1n) is 5.25. The van der Waals surface area contributed by atoms with Crippen molar-refractivity contribution in [2.24, 2.45) is 5.73 Å². The average molecular weight is 261 g/mol. The van der Waals surface area contributed by atoms with Gasteiger partial charge in [-0.25, -0.2) is 0 Å². The van der Waals surface area contributed by atoms with Crippen LogP contribution in [0.3, 0.4) is 0 Å². The Bertz CT molecular complexity index is 418. The Morgan fingerprint density at radius 2 is 1.72 bits per heavy atom. The number of alkyl halides is 3. The number of rotatable bonds is 4. The fraction of sp³-hybridized carbons (Fsp3) is 0.417. The van der Waals surface area contributed by atoms with Gasteiger partial charge in [0.2, 0.25) is 0 Å². The number of halogens is 3. The van der Waals surface area contributed by atoms with Gasteiger partial charge in [0, 0.05) is 6.42 Å². The van der Waals surface area contributed by atoms with Crippen molar-refractivity contribution in [3.05, 3.63) is 29.8 Å². The van der Waals surface area contributed by atoms with Crippen LogP contribution in [0.25, 0.3) is 0 Å². The van der Waals surface area contributed by atoms with E-state index in [9.17, 15) is 18.0 Å². The van der Waals surface area contributed by atoms with E-state index >= 15 is 0 Å². The van der Waals surface area contributed by atoms with Gasteiger partial charge < -0.3 is 10.5 Å². The topological polar surface area (TPSA) is 52.3 Å². The smallest absolute Gasteiger partial charge is 0.406 e. The van der Waals surface area contributed by atoms with Gasteiger partial charge in [0.1, 0.15) is 5.75 Å². The van der Waals surface area contributed by atoms with Gasteiger partial charge in [-0.2, -0.15) is 0 Å². The SMILES string of the molecule is CC(C)(N)C(=O)Cc1ccc(OC(F)(F)F)cc1. The molecule has 1 aromatic carbocycles. The van der Waals surface area contributed by atoms with Crippen molar-refractivity contribution in [2.75, 3.05) is 0 Å². The van der Waals surface area contributed by atoms with Gasteiger partial charge in [0.15, 0.2) is 5.78 Å². The maximum absolute atomic E-state index is 11.9. The molecule has 0 aliphatic carbocycles. The molecule has 0 spiro atoms. The van der Waals surface area contributed by atoms with Gasteiger partial charge in [-0.05, 0) is 31.5 Å². The van der Waals surface area contributed by atoms with Crippen LogP contribution in [-0.4, -0.2) is 17.7 Å². The summed E-state index contributed by atoms with van der Waals surface area (Å²) in [6, 6.07) is 5.15. The molecule has 0 aromatic heterocycles. The number of ether oxygens (including phenoxy) is 1. The third-order valence-corrected chi connectivity index (χ3v) is 2.24. The first kappa shape index (κ1) is 14.5. The Kier molecular flexibility index (Phi) is 4.01. The summed E-state index contributed by atoms with van der Waals surface area (Å²) >= 11 is 0. The van der Waals surface area contributed by atoms with Gasteiger partial charge in [0.05, 0.1) is 5.54 Å². The van der Waals surface area contributed by atoms with Crippen molar-refractivity contribution >= 4 is 5.78 Å². The first-order chi connectivity index (χ1) is 8.08. The molecule has 0 saturated carbocycles. The highest BCUT2D eigenvalue weighted by Gasteiger charge is 2.31. The summed E-state index contributed by atoms with van der Waals surface area (Å²) in [6.07, 6.45) is -4.63. The van der Waals surface area contributed by atoms with E-state index in [-0.39, 0.29) is 18.0 Å². The molecular formula is C12H14F3NO2. The van der Waals surface area contributed by atoms with E-state index in [0.29, 0.717) is 5.56 Å². The lowest BCUT2D eigenvalue weighted by atomic mass is 9.95. The molecule has 0 aliphatic heterocycles. The molecular weight excluding hydrogens is 247 g/mol. The Morgan fingerprint density at radius 1 is 1.22 bits per heavy atom. The minimum absolute atomic E-state index is 0.0792. The van der Waals surface area contributed by atoms with Crippen LogP contribution < -0.4 is 10.5 Å². The van der Waals surface area contributed by atoms with Crippen molar-refractivity contribution in [1.29, 1.82) is 0 Å². The summed E-state index contributed by atoms with van der Waals surface area (Å²) in [6.45, 7) is 3.16. The van der Waals surface area contributed by atoms with Crippen LogP contribution in [0.15, 0.2) is 24.3 Å². The minimum Gasteiger partial charge on any atom is -0.406 e. The number of ketones is 1. The van der Waals surface area contributed by atoms with Crippen molar-refractivity contribution in [2.45, 2.75) is 32.2 Å². The minimum atomic E-state index is -4.71. The van der Waals surface area contributed by atoms with Gasteiger partial charge in [0.25, 0.3) is 0 Å². The number of carbonyl (C=O) groups is 1. The maximum atomic E-state index is 11.9. The molecule has 18 heavy (non-hydrogen) atoms. The lowest BCUT2D eigenvalue weighted by Crippen LogP contribution is -2.42. The lowest BCUT2D eigenvalue weighted by Gasteiger charge is -2.16. The standard InChI is InChI=1S/C12H14F3NO2/c1-11(2,16)10(17)7-8-3-5-9(6-4-8)18-12(13,14)15/h3-6H,7,16H2,1-2H3. The van der Waals surface area contributed by atoms with Crippen LogP contribution in [0, 0.1) is 0 Å². The zero-order valence-electron chi connectivity index (χ0n) is 10.0. The summed E-state index contributed by atoms with van der Waals surface area (Å²) < 4.78 is 39.5. The van der Waals surface area contributed by atoms with Crippen LogP contribution in [0.2, 0.25) is 0 Å². The second-order valence-electron chi connectivity index (χ2n) is 4.51. The molecule has 0 amide bonds. The molecule has 1 rings (SSSR count). The summed E-state index contributed by atoms with van der Waals surface area (Å²) in [5, 5.41) is 0. The fourth-order valence-electron chi connectivity index (χ4n) is 1.22. The molecule has 2 N–H and O–H groups in total. The van der Waals surface area contributed by atoms with Crippen molar-refractivity contribution in [1.82, 2.24) is 0 Å². The van der Waals surface area contributed by atoms with E-state index < -0.39 is 11.9 Å². The summed E-state index contributed by atoms with van der Waals surface area (Å²) in [5.41, 5.74) is 5.25. The second-order valence-corrected chi connectivity index (χ2v) is 4.51. The third-order valence-electron chi connectivity index (χ3n) is 2.24. The number of carbonyl (C=O) groups excluding carboxylic acids is 1. The Hall–Kier alpha value is -1.56. The van der Waals surface area contributed by atoms with E-state index in [1.807, 2.05) is 0 Å². The fourth-order valence-corrected chi connectivity index (χ4v) is 1.22. The molecule has 0 heterocycles. The zero-order chi connectivity index (χ0) is 14.0. The van der Waals surface area contributed by atoms with Crippen LogP contribution >= 0.6 is 0 Å². The van der Waals surface area contributed by atoms with Crippen LogP contribution in [0.5, 0.6) is 5.75 Å². The molecule has 3 nitrogen and oxygen atoms in total. The van der Waals surface area contributed by atoms with Gasteiger partial charge in [-0.15, -0.1) is 13.2 Å². The molecule has 0 atom stereocenters. The predicted octanol–water partition coefficient (Wildman–Crippen LogP) is 2.43. The molecule has 0 saturated heterocycles. The normalized spacial score (nSPS) is 12.3. The molecule has 0 unspecified atom stereocenters. The third kappa shape index (κ3) is 4.75. The molecule has 0 fully saturated rings. The molecule has 1 aromatic rings. The quantitative estimate of drug-likeness (QED) is 0.905. The van der Waals surface area contributed by atoms with E-state index in [1.54, 1.807) is 13.8 Å². The monoisotopic (exact) mass is 261 g/mol. The van der Waals surface area contributed by atoms with Crippen molar-refractivity contribution in [3.63, 3.8) is 0 Å². The van der Waals surface area contributed by atoms with Gasteiger partial charge >= 0.3 is 6.36 Å². The number of nitrogens with two attached hydrogens (primary N) is 1. The summed E-state index contributed by atoms with van der Waals surface area (Å²) in [4.78, 5) is 11.6. The summed E-state index contributed by atoms with van der Waals surface area (Å²) in [7, 11) is 0. The van der Waals surface area contributed by atoms with Crippen molar-refractivity contribution in [3.8, 4) is 5.75 Å². The molecule has 0 aliphatic rings. The Balaban J connectivity index is 2.70. The van der Waals surface area contributed by atoms with Crippen LogP contribution in [0.4, 0.5) is 13.2 Å².